The summed E-state index contributed by atoms with van der Waals surface area (Å²) in [5.41, 5.74) is 2.11. The SMILES string of the molecule is CNCc1cc(Br)c(OCc2cncc(Br)c2)c(OC)c1. The lowest BCUT2D eigenvalue weighted by Gasteiger charge is -2.14. The average molecular weight is 416 g/mol. The van der Waals surface area contributed by atoms with Crippen LogP contribution in [0.5, 0.6) is 11.5 Å². The second-order valence-corrected chi connectivity index (χ2v) is 6.21. The smallest absolute Gasteiger partial charge is 0.175 e. The molecule has 1 aromatic carbocycles. The lowest BCUT2D eigenvalue weighted by Crippen LogP contribution is -2.06. The highest BCUT2D eigenvalue weighted by Crippen LogP contribution is 2.37. The van der Waals surface area contributed by atoms with Crippen LogP contribution >= 0.6 is 31.9 Å². The fraction of sp³-hybridized carbons (Fsp3) is 0.267. The molecule has 0 aliphatic rings. The van der Waals surface area contributed by atoms with E-state index in [1.807, 2.05) is 25.2 Å². The highest BCUT2D eigenvalue weighted by Gasteiger charge is 2.12. The summed E-state index contributed by atoms with van der Waals surface area (Å²) in [5.74, 6) is 1.40. The molecular weight excluding hydrogens is 400 g/mol. The summed E-state index contributed by atoms with van der Waals surface area (Å²) in [5, 5.41) is 3.12. The Morgan fingerprint density at radius 1 is 1.14 bits per heavy atom. The van der Waals surface area contributed by atoms with Crippen LogP contribution in [-0.2, 0) is 13.2 Å². The van der Waals surface area contributed by atoms with Crippen molar-refractivity contribution in [2.24, 2.45) is 0 Å². The monoisotopic (exact) mass is 414 g/mol. The number of nitrogens with zero attached hydrogens (tertiary/aromatic N) is 1. The largest absolute Gasteiger partial charge is 0.493 e. The van der Waals surface area contributed by atoms with Crippen LogP contribution in [0, 0.1) is 0 Å². The van der Waals surface area contributed by atoms with Gasteiger partial charge in [0.1, 0.15) is 6.61 Å². The zero-order valence-corrected chi connectivity index (χ0v) is 15.0. The second kappa shape index (κ2) is 7.77. The summed E-state index contributed by atoms with van der Waals surface area (Å²) in [6, 6.07) is 5.96. The molecule has 0 radical (unpaired) electrons. The van der Waals surface area contributed by atoms with Crippen LogP contribution in [0.15, 0.2) is 39.5 Å². The number of rotatable bonds is 6. The van der Waals surface area contributed by atoms with E-state index in [0.29, 0.717) is 18.1 Å². The van der Waals surface area contributed by atoms with Crippen molar-refractivity contribution in [3.05, 3.63) is 50.7 Å². The van der Waals surface area contributed by atoms with E-state index < -0.39 is 0 Å². The Hall–Kier alpha value is -1.11. The molecule has 0 unspecified atom stereocenters. The van der Waals surface area contributed by atoms with Gasteiger partial charge in [-0.25, -0.2) is 0 Å². The first-order chi connectivity index (χ1) is 10.1. The molecule has 4 nitrogen and oxygen atoms in total. The predicted octanol–water partition coefficient (Wildman–Crippen LogP) is 3.91. The van der Waals surface area contributed by atoms with Crippen molar-refractivity contribution in [1.29, 1.82) is 0 Å². The standard InChI is InChI=1S/C15H16Br2N2O2/c1-18-6-10-4-13(17)15(14(5-10)20-2)21-9-11-3-12(16)8-19-7-11/h3-5,7-8,18H,6,9H2,1-2H3. The quantitative estimate of drug-likeness (QED) is 0.776. The molecular formula is C15H16Br2N2O2. The summed E-state index contributed by atoms with van der Waals surface area (Å²) in [6.07, 6.45) is 3.52. The zero-order chi connectivity index (χ0) is 15.2. The average Bonchev–Trinajstić information content (AvgIpc) is 2.46. The molecule has 1 aromatic heterocycles. The minimum Gasteiger partial charge on any atom is -0.493 e. The van der Waals surface area contributed by atoms with Crippen molar-refractivity contribution in [3.8, 4) is 11.5 Å². The first-order valence-electron chi connectivity index (χ1n) is 6.37. The zero-order valence-electron chi connectivity index (χ0n) is 11.8. The fourth-order valence-electron chi connectivity index (χ4n) is 1.91. The van der Waals surface area contributed by atoms with Gasteiger partial charge < -0.3 is 14.8 Å². The number of hydrogen-bond acceptors (Lipinski definition) is 4. The molecule has 21 heavy (non-hydrogen) atoms. The number of hydrogen-bond donors (Lipinski definition) is 1. The molecule has 0 aliphatic heterocycles. The molecule has 1 heterocycles. The highest BCUT2D eigenvalue weighted by molar-refractivity contribution is 9.10. The van der Waals surface area contributed by atoms with Gasteiger partial charge in [0.15, 0.2) is 11.5 Å². The van der Waals surface area contributed by atoms with Crippen LogP contribution in [0.1, 0.15) is 11.1 Å². The molecule has 112 valence electrons. The van der Waals surface area contributed by atoms with Gasteiger partial charge in [0.25, 0.3) is 0 Å². The molecule has 0 aliphatic carbocycles. The molecule has 1 N–H and O–H groups in total. The van der Waals surface area contributed by atoms with E-state index in [2.05, 4.69) is 42.2 Å². The maximum Gasteiger partial charge on any atom is 0.175 e. The third kappa shape index (κ3) is 4.43. The van der Waals surface area contributed by atoms with Gasteiger partial charge in [-0.2, -0.15) is 0 Å². The van der Waals surface area contributed by atoms with Crippen molar-refractivity contribution in [3.63, 3.8) is 0 Å². The van der Waals surface area contributed by atoms with Crippen molar-refractivity contribution in [2.45, 2.75) is 13.2 Å². The van der Waals surface area contributed by atoms with Gasteiger partial charge in [-0.15, -0.1) is 0 Å². The van der Waals surface area contributed by atoms with Gasteiger partial charge in [0.2, 0.25) is 0 Å². The molecule has 0 bridgehead atoms. The van der Waals surface area contributed by atoms with Crippen molar-refractivity contribution < 1.29 is 9.47 Å². The summed E-state index contributed by atoms with van der Waals surface area (Å²) >= 11 is 6.94. The maximum atomic E-state index is 5.88. The molecule has 0 atom stereocenters. The van der Waals surface area contributed by atoms with Crippen LogP contribution < -0.4 is 14.8 Å². The van der Waals surface area contributed by atoms with Gasteiger partial charge in [-0.3, -0.25) is 4.98 Å². The fourth-order valence-corrected chi connectivity index (χ4v) is 2.93. The van der Waals surface area contributed by atoms with Crippen LogP contribution in [-0.4, -0.2) is 19.1 Å². The molecule has 0 amide bonds. The van der Waals surface area contributed by atoms with Gasteiger partial charge in [0.05, 0.1) is 11.6 Å². The number of aromatic nitrogens is 1. The van der Waals surface area contributed by atoms with Crippen LogP contribution in [0.4, 0.5) is 0 Å². The Morgan fingerprint density at radius 2 is 1.95 bits per heavy atom. The Balaban J connectivity index is 2.19. The topological polar surface area (TPSA) is 43.4 Å². The van der Waals surface area contributed by atoms with Crippen LogP contribution in [0.2, 0.25) is 0 Å². The van der Waals surface area contributed by atoms with E-state index in [9.17, 15) is 0 Å². The van der Waals surface area contributed by atoms with Gasteiger partial charge in [0, 0.05) is 29.0 Å². The van der Waals surface area contributed by atoms with E-state index in [-0.39, 0.29) is 0 Å². The first-order valence-corrected chi connectivity index (χ1v) is 7.96. The Bertz CT molecular complexity index is 621. The number of nitrogens with one attached hydrogen (secondary N) is 1. The summed E-state index contributed by atoms with van der Waals surface area (Å²) in [6.45, 7) is 1.19. The molecule has 6 heteroatoms. The minimum atomic E-state index is 0.423. The molecule has 0 saturated carbocycles. The van der Waals surface area contributed by atoms with Gasteiger partial charge >= 0.3 is 0 Å². The van der Waals surface area contributed by atoms with Gasteiger partial charge in [-0.1, -0.05) is 0 Å². The molecule has 0 saturated heterocycles. The Kier molecular flexibility index (Phi) is 6.02. The summed E-state index contributed by atoms with van der Waals surface area (Å²) < 4.78 is 13.1. The van der Waals surface area contributed by atoms with E-state index in [0.717, 1.165) is 26.6 Å². The van der Waals surface area contributed by atoms with Gasteiger partial charge in [-0.05, 0) is 62.7 Å². The molecule has 2 rings (SSSR count). The number of ether oxygens (including phenoxy) is 2. The normalized spacial score (nSPS) is 10.5. The molecule has 0 fully saturated rings. The van der Waals surface area contributed by atoms with E-state index in [4.69, 9.17) is 9.47 Å². The number of methoxy groups -OCH3 is 1. The van der Waals surface area contributed by atoms with Crippen molar-refractivity contribution >= 4 is 31.9 Å². The van der Waals surface area contributed by atoms with Crippen molar-refractivity contribution in [1.82, 2.24) is 10.3 Å². The number of pyridine rings is 1. The molecule has 0 spiro atoms. The Labute approximate surface area is 141 Å². The summed E-state index contributed by atoms with van der Waals surface area (Å²) in [7, 11) is 3.55. The number of halogens is 2. The highest BCUT2D eigenvalue weighted by atomic mass is 79.9. The lowest BCUT2D eigenvalue weighted by atomic mass is 10.2. The number of benzene rings is 1. The third-order valence-electron chi connectivity index (χ3n) is 2.81. The van der Waals surface area contributed by atoms with Crippen LogP contribution in [0.25, 0.3) is 0 Å². The minimum absolute atomic E-state index is 0.423. The third-order valence-corrected chi connectivity index (χ3v) is 3.84. The predicted molar refractivity (Wildman–Crippen MR) is 89.7 cm³/mol. The second-order valence-electron chi connectivity index (χ2n) is 4.44. The van der Waals surface area contributed by atoms with Crippen LogP contribution in [0.3, 0.4) is 0 Å². The Morgan fingerprint density at radius 3 is 2.62 bits per heavy atom. The maximum absolute atomic E-state index is 5.88. The van der Waals surface area contributed by atoms with E-state index >= 15 is 0 Å². The first kappa shape index (κ1) is 16.3. The molecule has 2 aromatic rings. The lowest BCUT2D eigenvalue weighted by molar-refractivity contribution is 0.282. The van der Waals surface area contributed by atoms with E-state index in [1.165, 1.54) is 0 Å². The summed E-state index contributed by atoms with van der Waals surface area (Å²) in [4.78, 5) is 4.12. The van der Waals surface area contributed by atoms with Crippen molar-refractivity contribution in [2.75, 3.05) is 14.2 Å². The van der Waals surface area contributed by atoms with E-state index in [1.54, 1.807) is 19.5 Å².